The number of anilines is 1. The number of ether oxygens (including phenoxy) is 2. The van der Waals surface area contributed by atoms with Crippen molar-refractivity contribution in [3.8, 4) is 11.5 Å². The van der Waals surface area contributed by atoms with E-state index in [1.54, 1.807) is 26.6 Å². The summed E-state index contributed by atoms with van der Waals surface area (Å²) in [4.78, 5) is 19.4. The van der Waals surface area contributed by atoms with Gasteiger partial charge in [0.05, 0.1) is 14.2 Å². The number of rotatable bonds is 7. The minimum absolute atomic E-state index is 0.0726. The number of methoxy groups -OCH3 is 2. The second-order valence-corrected chi connectivity index (χ2v) is 10.0. The van der Waals surface area contributed by atoms with E-state index in [1.165, 1.54) is 17.2 Å². The lowest BCUT2D eigenvalue weighted by atomic mass is 9.65. The fraction of sp³-hybridized carbons (Fsp3) is 0.379. The van der Waals surface area contributed by atoms with Crippen LogP contribution in [0.1, 0.15) is 36.8 Å². The summed E-state index contributed by atoms with van der Waals surface area (Å²) in [5.41, 5.74) is 2.51. The molecule has 3 aromatic rings. The van der Waals surface area contributed by atoms with Gasteiger partial charge in [0, 0.05) is 48.2 Å². The fourth-order valence-corrected chi connectivity index (χ4v) is 6.10. The van der Waals surface area contributed by atoms with Gasteiger partial charge in [0.15, 0.2) is 23.1 Å². The highest BCUT2D eigenvalue weighted by Gasteiger charge is 2.51. The molecular weight excluding hydrogens is 490 g/mol. The molecule has 2 aliphatic rings. The average molecular weight is 523 g/mol. The number of fused-ring (bicyclic) bond motifs is 1. The van der Waals surface area contributed by atoms with E-state index in [2.05, 4.69) is 32.7 Å². The lowest BCUT2D eigenvalue weighted by Gasteiger charge is -2.45. The van der Waals surface area contributed by atoms with Gasteiger partial charge in [-0.3, -0.25) is 9.88 Å². The van der Waals surface area contributed by atoms with Crippen LogP contribution in [-0.4, -0.2) is 48.8 Å². The third-order valence-electron chi connectivity index (χ3n) is 7.98. The smallest absolute Gasteiger partial charge is 0.319 e. The van der Waals surface area contributed by atoms with Gasteiger partial charge in [-0.2, -0.15) is 0 Å². The van der Waals surface area contributed by atoms with Gasteiger partial charge in [-0.15, -0.1) is 0 Å². The van der Waals surface area contributed by atoms with E-state index in [-0.39, 0.29) is 23.2 Å². The maximum Gasteiger partial charge on any atom is 0.319 e. The van der Waals surface area contributed by atoms with Gasteiger partial charge in [0.2, 0.25) is 0 Å². The van der Waals surface area contributed by atoms with E-state index in [4.69, 9.17) is 9.47 Å². The lowest BCUT2D eigenvalue weighted by Crippen LogP contribution is -2.52. The van der Waals surface area contributed by atoms with Crippen molar-refractivity contribution in [1.82, 2.24) is 15.2 Å². The fourth-order valence-electron chi connectivity index (χ4n) is 6.10. The molecule has 3 atom stereocenters. The largest absolute Gasteiger partial charge is 0.493 e. The Morgan fingerprint density at radius 2 is 1.82 bits per heavy atom. The zero-order valence-corrected chi connectivity index (χ0v) is 21.5. The topological polar surface area (TPSA) is 75.7 Å². The first-order valence-electron chi connectivity index (χ1n) is 12.8. The molecule has 0 radical (unpaired) electrons. The normalized spacial score (nSPS) is 22.9. The van der Waals surface area contributed by atoms with Crippen LogP contribution in [0.3, 0.4) is 0 Å². The number of nitrogens with zero attached hydrogens (tertiary/aromatic N) is 2. The summed E-state index contributed by atoms with van der Waals surface area (Å²) in [6, 6.07) is 13.2. The molecule has 2 amide bonds. The Hall–Kier alpha value is -3.72. The van der Waals surface area contributed by atoms with Crippen LogP contribution in [0.25, 0.3) is 0 Å². The van der Waals surface area contributed by atoms with Gasteiger partial charge in [-0.1, -0.05) is 6.07 Å². The zero-order valence-electron chi connectivity index (χ0n) is 21.5. The Morgan fingerprint density at radius 3 is 2.55 bits per heavy atom. The highest BCUT2D eigenvalue weighted by atomic mass is 19.2. The molecule has 1 aliphatic carbocycles. The molecule has 7 nitrogen and oxygen atoms in total. The molecule has 200 valence electrons. The summed E-state index contributed by atoms with van der Waals surface area (Å²) in [6.45, 7) is 1.71. The minimum atomic E-state index is -1.00. The number of likely N-dealkylation sites (tertiary alicyclic amines) is 1. The molecule has 38 heavy (non-hydrogen) atoms. The molecular formula is C29H32F2N4O3. The first-order chi connectivity index (χ1) is 18.4. The Labute approximate surface area is 221 Å². The van der Waals surface area contributed by atoms with Crippen molar-refractivity contribution >= 4 is 11.7 Å². The number of nitrogens with one attached hydrogen (secondary N) is 2. The predicted molar refractivity (Wildman–Crippen MR) is 140 cm³/mol. The molecule has 2 heterocycles. The third-order valence-corrected chi connectivity index (χ3v) is 7.98. The number of aromatic nitrogens is 1. The van der Waals surface area contributed by atoms with Gasteiger partial charge in [0.1, 0.15) is 0 Å². The number of hydrogen-bond acceptors (Lipinski definition) is 5. The first-order valence-corrected chi connectivity index (χ1v) is 12.8. The Balaban J connectivity index is 1.37. The molecule has 2 aromatic carbocycles. The van der Waals surface area contributed by atoms with Crippen LogP contribution in [0.15, 0.2) is 60.9 Å². The molecule has 0 bridgehead atoms. The van der Waals surface area contributed by atoms with Crippen LogP contribution in [0, 0.1) is 11.6 Å². The maximum absolute atomic E-state index is 13.6. The monoisotopic (exact) mass is 522 g/mol. The summed E-state index contributed by atoms with van der Waals surface area (Å²) in [7, 11) is 3.28. The number of halogens is 2. The van der Waals surface area contributed by atoms with Gasteiger partial charge in [-0.05, 0) is 79.8 Å². The number of amides is 2. The first kappa shape index (κ1) is 25.9. The van der Waals surface area contributed by atoms with Crippen molar-refractivity contribution in [3.63, 3.8) is 0 Å². The molecule has 1 aromatic heterocycles. The molecule has 0 unspecified atom stereocenters. The maximum atomic E-state index is 13.6. The second kappa shape index (κ2) is 10.9. The van der Waals surface area contributed by atoms with E-state index < -0.39 is 17.7 Å². The van der Waals surface area contributed by atoms with Gasteiger partial charge < -0.3 is 20.1 Å². The van der Waals surface area contributed by atoms with E-state index in [9.17, 15) is 13.6 Å². The van der Waals surface area contributed by atoms with E-state index in [0.717, 1.165) is 50.9 Å². The van der Waals surface area contributed by atoms with Gasteiger partial charge in [-0.25, -0.2) is 13.6 Å². The summed E-state index contributed by atoms with van der Waals surface area (Å²) in [5.74, 6) is -0.555. The van der Waals surface area contributed by atoms with E-state index in [0.29, 0.717) is 11.5 Å². The molecule has 0 spiro atoms. The third kappa shape index (κ3) is 5.15. The van der Waals surface area contributed by atoms with Crippen LogP contribution in [0.2, 0.25) is 0 Å². The second-order valence-electron chi connectivity index (χ2n) is 10.0. The Morgan fingerprint density at radius 1 is 1.03 bits per heavy atom. The Kier molecular flexibility index (Phi) is 7.46. The number of urea groups is 1. The van der Waals surface area contributed by atoms with Crippen molar-refractivity contribution in [3.05, 3.63) is 83.7 Å². The SMILES string of the molecule is COc1ccc([C@@]23CC[C@H](NC(=O)Nc4ccc(F)c(F)c4)C[C@H]2N(Cc2ccncc2)CC3)cc1OC. The molecule has 5 rings (SSSR count). The van der Waals surface area contributed by atoms with E-state index >= 15 is 0 Å². The summed E-state index contributed by atoms with van der Waals surface area (Å²) < 4.78 is 37.9. The van der Waals surface area contributed by atoms with Crippen molar-refractivity contribution in [2.45, 2.75) is 49.7 Å². The number of pyridine rings is 1. The predicted octanol–water partition coefficient (Wildman–Crippen LogP) is 5.26. The lowest BCUT2D eigenvalue weighted by molar-refractivity contribution is 0.131. The number of carbonyl (C=O) groups excluding carboxylic acids is 1. The van der Waals surface area contributed by atoms with Crippen molar-refractivity contribution in [2.75, 3.05) is 26.1 Å². The van der Waals surface area contributed by atoms with Gasteiger partial charge in [0.25, 0.3) is 0 Å². The van der Waals surface area contributed by atoms with Crippen LogP contribution in [0.5, 0.6) is 11.5 Å². The van der Waals surface area contributed by atoms with Crippen molar-refractivity contribution < 1.29 is 23.0 Å². The summed E-state index contributed by atoms with van der Waals surface area (Å²) in [5, 5.41) is 5.69. The van der Waals surface area contributed by atoms with Crippen LogP contribution >= 0.6 is 0 Å². The summed E-state index contributed by atoms with van der Waals surface area (Å²) >= 11 is 0. The zero-order chi connectivity index (χ0) is 26.7. The molecule has 1 saturated heterocycles. The molecule has 1 saturated carbocycles. The molecule has 2 N–H and O–H groups in total. The molecule has 2 fully saturated rings. The minimum Gasteiger partial charge on any atom is -0.493 e. The molecule has 9 heteroatoms. The van der Waals surface area contributed by atoms with E-state index in [1.807, 2.05) is 18.2 Å². The van der Waals surface area contributed by atoms with Gasteiger partial charge >= 0.3 is 6.03 Å². The quantitative estimate of drug-likeness (QED) is 0.443. The number of benzene rings is 2. The van der Waals surface area contributed by atoms with Crippen molar-refractivity contribution in [1.29, 1.82) is 0 Å². The summed E-state index contributed by atoms with van der Waals surface area (Å²) in [6.07, 6.45) is 7.04. The van der Waals surface area contributed by atoms with Crippen LogP contribution in [-0.2, 0) is 12.0 Å². The highest BCUT2D eigenvalue weighted by Crippen LogP contribution is 2.50. The standard InChI is InChI=1S/C29H32F2N4O3/c1-37-25-6-3-20(15-26(25)38-2)29-10-7-22(34-28(36)33-21-4-5-23(30)24(31)16-21)17-27(29)35(14-11-29)18-19-8-12-32-13-9-19/h3-6,8-9,12-13,15-16,22,27H,7,10-11,14,17-18H2,1-2H3,(H2,33,34,36)/t22-,27+,29-/m0/s1. The van der Waals surface area contributed by atoms with Crippen LogP contribution < -0.4 is 20.1 Å². The number of carbonyl (C=O) groups is 1. The molecule has 1 aliphatic heterocycles. The van der Waals surface area contributed by atoms with Crippen molar-refractivity contribution in [2.24, 2.45) is 0 Å². The highest BCUT2D eigenvalue weighted by molar-refractivity contribution is 5.89. The average Bonchev–Trinajstić information content (AvgIpc) is 3.29. The number of hydrogen-bond donors (Lipinski definition) is 2. The van der Waals surface area contributed by atoms with Crippen LogP contribution in [0.4, 0.5) is 19.3 Å². The Bertz CT molecular complexity index is 1290.